The first-order chi connectivity index (χ1) is 6.83. The molecule has 1 heterocycles. The number of aromatic nitrogens is 1. The maximum Gasteiger partial charge on any atom is 0.133 e. The number of Topliss-reactive ketones (excluding diaryl/α,β-unsaturated/α-hetero) is 1. The summed E-state index contributed by atoms with van der Waals surface area (Å²) in [7, 11) is 0. The molecule has 0 unspecified atom stereocenters. The maximum atomic E-state index is 11.4. The summed E-state index contributed by atoms with van der Waals surface area (Å²) in [6.07, 6.45) is 7.92. The van der Waals surface area contributed by atoms with E-state index in [0.717, 1.165) is 31.2 Å². The molecule has 0 N–H and O–H groups in total. The van der Waals surface area contributed by atoms with Gasteiger partial charge in [0.05, 0.1) is 0 Å². The lowest BCUT2D eigenvalue weighted by atomic mass is 10.1. The van der Waals surface area contributed by atoms with E-state index in [2.05, 4.69) is 11.9 Å². The lowest BCUT2D eigenvalue weighted by Gasteiger charge is -1.99. The van der Waals surface area contributed by atoms with Gasteiger partial charge in [0, 0.05) is 25.2 Å². The largest absolute Gasteiger partial charge is 0.300 e. The minimum Gasteiger partial charge on any atom is -0.300 e. The van der Waals surface area contributed by atoms with Crippen molar-refractivity contribution < 1.29 is 4.79 Å². The van der Waals surface area contributed by atoms with Crippen LogP contribution in [-0.4, -0.2) is 10.8 Å². The van der Waals surface area contributed by atoms with Crippen LogP contribution < -0.4 is 0 Å². The number of carbonyl (C=O) groups is 1. The molecule has 14 heavy (non-hydrogen) atoms. The van der Waals surface area contributed by atoms with E-state index < -0.39 is 0 Å². The molecule has 0 aliphatic heterocycles. The fourth-order valence-corrected chi connectivity index (χ4v) is 1.33. The first kappa shape index (κ1) is 10.9. The summed E-state index contributed by atoms with van der Waals surface area (Å²) in [6, 6.07) is 3.92. The molecule has 0 saturated carbocycles. The Bertz CT molecular complexity index is 269. The van der Waals surface area contributed by atoms with Gasteiger partial charge in [-0.25, -0.2) is 0 Å². The van der Waals surface area contributed by atoms with Crippen LogP contribution in [0.2, 0.25) is 0 Å². The zero-order chi connectivity index (χ0) is 10.2. The highest BCUT2D eigenvalue weighted by atomic mass is 16.1. The van der Waals surface area contributed by atoms with Crippen LogP contribution >= 0.6 is 0 Å². The fourth-order valence-electron chi connectivity index (χ4n) is 1.33. The highest BCUT2D eigenvalue weighted by Gasteiger charge is 2.01. The molecular weight excluding hydrogens is 174 g/mol. The molecule has 0 aromatic carbocycles. The van der Waals surface area contributed by atoms with E-state index in [1.54, 1.807) is 6.20 Å². The third-order valence-corrected chi connectivity index (χ3v) is 2.22. The van der Waals surface area contributed by atoms with Crippen molar-refractivity contribution in [3.63, 3.8) is 0 Å². The van der Waals surface area contributed by atoms with Crippen molar-refractivity contribution in [2.24, 2.45) is 0 Å². The third-order valence-electron chi connectivity index (χ3n) is 2.22. The summed E-state index contributed by atoms with van der Waals surface area (Å²) in [5.41, 5.74) is 1.15. The van der Waals surface area contributed by atoms with Gasteiger partial charge in [0.2, 0.25) is 0 Å². The Morgan fingerprint density at radius 1 is 1.43 bits per heavy atom. The van der Waals surface area contributed by atoms with Crippen molar-refractivity contribution in [3.05, 3.63) is 30.1 Å². The minimum atomic E-state index is 0.371. The molecule has 76 valence electrons. The van der Waals surface area contributed by atoms with Gasteiger partial charge in [0.1, 0.15) is 5.78 Å². The Morgan fingerprint density at radius 2 is 2.29 bits per heavy atom. The Morgan fingerprint density at radius 3 is 2.93 bits per heavy atom. The number of nitrogens with zero attached hydrogens (tertiary/aromatic N) is 1. The molecule has 2 heteroatoms. The number of hydrogen-bond donors (Lipinski definition) is 0. The predicted molar refractivity (Wildman–Crippen MR) is 57.1 cm³/mol. The fraction of sp³-hybridized carbons (Fsp3) is 0.500. The second kappa shape index (κ2) is 6.30. The molecular formula is C12H17NO. The Labute approximate surface area is 85.4 Å². The van der Waals surface area contributed by atoms with Gasteiger partial charge in [-0.15, -0.1) is 0 Å². The molecule has 1 aromatic heterocycles. The molecule has 0 radical (unpaired) electrons. The van der Waals surface area contributed by atoms with E-state index in [1.165, 1.54) is 0 Å². The number of hydrogen-bond acceptors (Lipinski definition) is 2. The number of pyridine rings is 1. The quantitative estimate of drug-likeness (QED) is 0.692. The normalized spacial score (nSPS) is 10.1. The van der Waals surface area contributed by atoms with Crippen molar-refractivity contribution in [1.29, 1.82) is 0 Å². The van der Waals surface area contributed by atoms with E-state index in [1.807, 2.05) is 18.3 Å². The van der Waals surface area contributed by atoms with Crippen molar-refractivity contribution in [1.82, 2.24) is 4.98 Å². The summed E-state index contributed by atoms with van der Waals surface area (Å²) in [5, 5.41) is 0. The molecule has 0 amide bonds. The number of carbonyl (C=O) groups excluding carboxylic acids is 1. The molecule has 1 rings (SSSR count). The number of ketones is 1. The summed E-state index contributed by atoms with van der Waals surface area (Å²) in [5.74, 6) is 0.371. The molecule has 0 atom stereocenters. The van der Waals surface area contributed by atoms with Crippen LogP contribution in [0.4, 0.5) is 0 Å². The lowest BCUT2D eigenvalue weighted by Crippen LogP contribution is -1.99. The predicted octanol–water partition coefficient (Wildman–Crippen LogP) is 2.77. The van der Waals surface area contributed by atoms with Gasteiger partial charge in [0.15, 0.2) is 0 Å². The van der Waals surface area contributed by atoms with Crippen molar-refractivity contribution in [2.45, 2.75) is 39.0 Å². The summed E-state index contributed by atoms with van der Waals surface area (Å²) in [4.78, 5) is 15.4. The third kappa shape index (κ3) is 4.17. The second-order valence-corrected chi connectivity index (χ2v) is 3.50. The van der Waals surface area contributed by atoms with Gasteiger partial charge < -0.3 is 0 Å². The molecule has 0 aliphatic carbocycles. The number of rotatable bonds is 6. The van der Waals surface area contributed by atoms with E-state index in [4.69, 9.17) is 0 Å². The molecule has 0 fully saturated rings. The monoisotopic (exact) mass is 191 g/mol. The summed E-state index contributed by atoms with van der Waals surface area (Å²) < 4.78 is 0. The Kier molecular flexibility index (Phi) is 4.90. The van der Waals surface area contributed by atoms with Gasteiger partial charge in [-0.2, -0.15) is 0 Å². The molecule has 0 bridgehead atoms. The average molecular weight is 191 g/mol. The second-order valence-electron chi connectivity index (χ2n) is 3.50. The van der Waals surface area contributed by atoms with E-state index in [9.17, 15) is 4.79 Å². The van der Waals surface area contributed by atoms with Crippen LogP contribution in [0.5, 0.6) is 0 Å². The standard InChI is InChI=1S/C12H17NO/c1-2-3-6-12(14)8-7-11-5-4-9-13-10-11/h4-5,9-10H,2-3,6-8H2,1H3. The topological polar surface area (TPSA) is 30.0 Å². The zero-order valence-corrected chi connectivity index (χ0v) is 8.70. The number of aryl methyl sites for hydroxylation is 1. The van der Waals surface area contributed by atoms with Crippen LogP contribution in [0.3, 0.4) is 0 Å². The van der Waals surface area contributed by atoms with Crippen LogP contribution in [0.25, 0.3) is 0 Å². The first-order valence-corrected chi connectivity index (χ1v) is 5.23. The average Bonchev–Trinajstić information content (AvgIpc) is 2.25. The van der Waals surface area contributed by atoms with Crippen molar-refractivity contribution in [2.75, 3.05) is 0 Å². The van der Waals surface area contributed by atoms with Crippen LogP contribution in [0.15, 0.2) is 24.5 Å². The van der Waals surface area contributed by atoms with Crippen molar-refractivity contribution in [3.8, 4) is 0 Å². The summed E-state index contributed by atoms with van der Waals surface area (Å²) >= 11 is 0. The van der Waals surface area contributed by atoms with Crippen molar-refractivity contribution >= 4 is 5.78 Å². The number of unbranched alkanes of at least 4 members (excludes halogenated alkanes) is 1. The van der Waals surface area contributed by atoms with E-state index in [0.29, 0.717) is 12.2 Å². The highest BCUT2D eigenvalue weighted by Crippen LogP contribution is 2.04. The minimum absolute atomic E-state index is 0.371. The van der Waals surface area contributed by atoms with Crippen LogP contribution in [0.1, 0.15) is 38.2 Å². The highest BCUT2D eigenvalue weighted by molar-refractivity contribution is 5.78. The Hall–Kier alpha value is -1.18. The van der Waals surface area contributed by atoms with Gasteiger partial charge in [-0.3, -0.25) is 9.78 Å². The van der Waals surface area contributed by atoms with Crippen LogP contribution in [0, 0.1) is 0 Å². The SMILES string of the molecule is CCCCC(=O)CCc1cccnc1. The Balaban J connectivity index is 2.24. The zero-order valence-electron chi connectivity index (χ0n) is 8.70. The smallest absolute Gasteiger partial charge is 0.133 e. The summed E-state index contributed by atoms with van der Waals surface area (Å²) in [6.45, 7) is 2.11. The molecule has 0 spiro atoms. The first-order valence-electron chi connectivity index (χ1n) is 5.23. The molecule has 0 saturated heterocycles. The molecule has 1 aromatic rings. The lowest BCUT2D eigenvalue weighted by molar-refractivity contribution is -0.119. The van der Waals surface area contributed by atoms with Gasteiger partial charge >= 0.3 is 0 Å². The molecule has 0 aliphatic rings. The van der Waals surface area contributed by atoms with Gasteiger partial charge in [-0.05, 0) is 24.5 Å². The maximum absolute atomic E-state index is 11.4. The van der Waals surface area contributed by atoms with E-state index in [-0.39, 0.29) is 0 Å². The van der Waals surface area contributed by atoms with Gasteiger partial charge in [-0.1, -0.05) is 19.4 Å². The van der Waals surface area contributed by atoms with Crippen LogP contribution in [-0.2, 0) is 11.2 Å². The van der Waals surface area contributed by atoms with Gasteiger partial charge in [0.25, 0.3) is 0 Å². The molecule has 2 nitrogen and oxygen atoms in total. The van der Waals surface area contributed by atoms with E-state index >= 15 is 0 Å².